The number of nitrogens with one attached hydrogen (secondary N) is 1. The zero-order valence-electron chi connectivity index (χ0n) is 9.34. The number of amides is 1. The van der Waals surface area contributed by atoms with Crippen LogP contribution in [-0.2, 0) is 11.2 Å². The second kappa shape index (κ2) is 4.21. The molecule has 0 unspecified atom stereocenters. The van der Waals surface area contributed by atoms with Crippen molar-refractivity contribution in [2.45, 2.75) is 6.42 Å². The van der Waals surface area contributed by atoms with Crippen molar-refractivity contribution in [3.05, 3.63) is 52.3 Å². The van der Waals surface area contributed by atoms with Crippen LogP contribution in [0.25, 0.3) is 11.1 Å². The largest absolute Gasteiger partial charge is 0.325 e. The summed E-state index contributed by atoms with van der Waals surface area (Å²) in [5.41, 5.74) is 3.70. The summed E-state index contributed by atoms with van der Waals surface area (Å²) in [5.74, 6) is -0.252. The molecule has 0 bridgehead atoms. The van der Waals surface area contributed by atoms with E-state index in [1.807, 2.05) is 12.1 Å². The summed E-state index contributed by atoms with van der Waals surface area (Å²) in [6.45, 7) is 0. The Bertz CT molecular complexity index is 637. The highest BCUT2D eigenvalue weighted by Gasteiger charge is 2.20. The molecule has 0 spiro atoms. The van der Waals surface area contributed by atoms with Crippen LogP contribution in [0.5, 0.6) is 0 Å². The van der Waals surface area contributed by atoms with Crippen LogP contribution in [0, 0.1) is 5.82 Å². The summed E-state index contributed by atoms with van der Waals surface area (Å²) in [7, 11) is 0. The van der Waals surface area contributed by atoms with Crippen LogP contribution in [0.1, 0.15) is 5.56 Å². The Kier molecular flexibility index (Phi) is 2.67. The fourth-order valence-electron chi connectivity index (χ4n) is 2.11. The van der Waals surface area contributed by atoms with Gasteiger partial charge in [-0.05, 0) is 56.9 Å². The molecule has 0 radical (unpaired) electrons. The number of carbonyl (C=O) groups is 1. The number of hydrogen-bond acceptors (Lipinski definition) is 1. The van der Waals surface area contributed by atoms with Gasteiger partial charge >= 0.3 is 0 Å². The zero-order chi connectivity index (χ0) is 12.7. The molecule has 1 N–H and O–H groups in total. The molecule has 18 heavy (non-hydrogen) atoms. The minimum Gasteiger partial charge on any atom is -0.325 e. The first kappa shape index (κ1) is 11.4. The number of rotatable bonds is 1. The van der Waals surface area contributed by atoms with E-state index >= 15 is 0 Å². The molecule has 2 nitrogen and oxygen atoms in total. The second-order valence-electron chi connectivity index (χ2n) is 4.22. The van der Waals surface area contributed by atoms with Gasteiger partial charge in [0.15, 0.2) is 0 Å². The van der Waals surface area contributed by atoms with E-state index in [1.165, 1.54) is 12.1 Å². The van der Waals surface area contributed by atoms with Gasteiger partial charge in [-0.2, -0.15) is 0 Å². The highest BCUT2D eigenvalue weighted by molar-refractivity contribution is 9.10. The van der Waals surface area contributed by atoms with Gasteiger partial charge in [-0.25, -0.2) is 4.39 Å². The first-order valence-corrected chi connectivity index (χ1v) is 6.31. The van der Waals surface area contributed by atoms with E-state index in [0.717, 1.165) is 26.9 Å². The van der Waals surface area contributed by atoms with Gasteiger partial charge in [0.1, 0.15) is 5.82 Å². The van der Waals surface area contributed by atoms with Crippen molar-refractivity contribution >= 4 is 27.5 Å². The summed E-state index contributed by atoms with van der Waals surface area (Å²) < 4.78 is 13.7. The second-order valence-corrected chi connectivity index (χ2v) is 5.08. The summed E-state index contributed by atoms with van der Waals surface area (Å²) in [6, 6.07) is 10.2. The SMILES string of the molecule is O=C1Cc2cc(-c3ccc(F)cc3)cc(Br)c2N1. The van der Waals surface area contributed by atoms with Crippen molar-refractivity contribution in [1.82, 2.24) is 0 Å². The number of anilines is 1. The Morgan fingerprint density at radius 2 is 1.83 bits per heavy atom. The van der Waals surface area contributed by atoms with Gasteiger partial charge in [0.2, 0.25) is 5.91 Å². The fraction of sp³-hybridized carbons (Fsp3) is 0.0714. The molecule has 1 heterocycles. The minimum atomic E-state index is -0.254. The first-order valence-electron chi connectivity index (χ1n) is 5.52. The maximum absolute atomic E-state index is 12.9. The predicted octanol–water partition coefficient (Wildman–Crippen LogP) is 3.75. The van der Waals surface area contributed by atoms with Crippen LogP contribution in [0.15, 0.2) is 40.9 Å². The molecule has 0 fully saturated rings. The van der Waals surface area contributed by atoms with Gasteiger partial charge < -0.3 is 5.32 Å². The highest BCUT2D eigenvalue weighted by atomic mass is 79.9. The molecule has 1 amide bonds. The lowest BCUT2D eigenvalue weighted by molar-refractivity contribution is -0.115. The molecule has 0 atom stereocenters. The maximum atomic E-state index is 12.9. The van der Waals surface area contributed by atoms with Crippen LogP contribution >= 0.6 is 15.9 Å². The van der Waals surface area contributed by atoms with Gasteiger partial charge in [-0.15, -0.1) is 0 Å². The topological polar surface area (TPSA) is 29.1 Å². The molecule has 1 aliphatic heterocycles. The van der Waals surface area contributed by atoms with Gasteiger partial charge in [0, 0.05) is 4.47 Å². The Morgan fingerprint density at radius 3 is 2.56 bits per heavy atom. The molecule has 0 saturated carbocycles. The van der Waals surface area contributed by atoms with Crippen molar-refractivity contribution in [1.29, 1.82) is 0 Å². The Balaban J connectivity index is 2.10. The third-order valence-corrected chi connectivity index (χ3v) is 3.59. The molecule has 0 saturated heterocycles. The molecule has 3 rings (SSSR count). The lowest BCUT2D eigenvalue weighted by atomic mass is 10.0. The lowest BCUT2D eigenvalue weighted by Gasteiger charge is -2.07. The van der Waals surface area contributed by atoms with E-state index in [1.54, 1.807) is 12.1 Å². The number of halogens is 2. The number of benzene rings is 2. The lowest BCUT2D eigenvalue weighted by Crippen LogP contribution is -2.03. The number of carbonyl (C=O) groups excluding carboxylic acids is 1. The van der Waals surface area contributed by atoms with Crippen molar-refractivity contribution in [2.75, 3.05) is 5.32 Å². The van der Waals surface area contributed by atoms with Crippen molar-refractivity contribution in [3.8, 4) is 11.1 Å². The van der Waals surface area contributed by atoms with E-state index in [9.17, 15) is 9.18 Å². The summed E-state index contributed by atoms with van der Waals surface area (Å²) in [4.78, 5) is 11.4. The molecular weight excluding hydrogens is 297 g/mol. The van der Waals surface area contributed by atoms with Gasteiger partial charge in [-0.1, -0.05) is 12.1 Å². The van der Waals surface area contributed by atoms with Gasteiger partial charge in [-0.3, -0.25) is 4.79 Å². The van der Waals surface area contributed by atoms with Gasteiger partial charge in [0.25, 0.3) is 0 Å². The van der Waals surface area contributed by atoms with E-state index in [4.69, 9.17) is 0 Å². The highest BCUT2D eigenvalue weighted by Crippen LogP contribution is 2.36. The van der Waals surface area contributed by atoms with Crippen LogP contribution in [0.3, 0.4) is 0 Å². The first-order chi connectivity index (χ1) is 8.63. The zero-order valence-corrected chi connectivity index (χ0v) is 10.9. The van der Waals surface area contributed by atoms with Crippen LogP contribution in [0.2, 0.25) is 0 Å². The average Bonchev–Trinajstić information content (AvgIpc) is 2.71. The quantitative estimate of drug-likeness (QED) is 0.854. The normalized spacial score (nSPS) is 13.3. The smallest absolute Gasteiger partial charge is 0.228 e. The molecule has 0 aliphatic carbocycles. The monoisotopic (exact) mass is 305 g/mol. The standard InChI is InChI=1S/C14H9BrFNO/c15-12-6-9(8-1-3-11(16)4-2-8)5-10-7-13(18)17-14(10)12/h1-6H,7H2,(H,17,18). The molecule has 0 aromatic heterocycles. The number of hydrogen-bond donors (Lipinski definition) is 1. The molecule has 2 aromatic carbocycles. The summed E-state index contributed by atoms with van der Waals surface area (Å²) in [5, 5.41) is 2.81. The van der Waals surface area contributed by atoms with Gasteiger partial charge in [0.05, 0.1) is 12.1 Å². The fourth-order valence-corrected chi connectivity index (χ4v) is 2.71. The average molecular weight is 306 g/mol. The number of fused-ring (bicyclic) bond motifs is 1. The Hall–Kier alpha value is -1.68. The van der Waals surface area contributed by atoms with Crippen LogP contribution in [-0.4, -0.2) is 5.91 Å². The predicted molar refractivity (Wildman–Crippen MR) is 71.9 cm³/mol. The molecule has 2 aromatic rings. The van der Waals surface area contributed by atoms with Crippen molar-refractivity contribution in [3.63, 3.8) is 0 Å². The van der Waals surface area contributed by atoms with E-state index < -0.39 is 0 Å². The third-order valence-electron chi connectivity index (χ3n) is 2.96. The molecular formula is C14H9BrFNO. The van der Waals surface area contributed by atoms with E-state index in [2.05, 4.69) is 21.2 Å². The third kappa shape index (κ3) is 1.93. The van der Waals surface area contributed by atoms with Crippen LogP contribution in [0.4, 0.5) is 10.1 Å². The maximum Gasteiger partial charge on any atom is 0.228 e. The van der Waals surface area contributed by atoms with E-state index in [-0.39, 0.29) is 11.7 Å². The summed E-state index contributed by atoms with van der Waals surface area (Å²) >= 11 is 3.45. The Morgan fingerprint density at radius 1 is 1.11 bits per heavy atom. The minimum absolute atomic E-state index is 0.00181. The summed E-state index contributed by atoms with van der Waals surface area (Å²) in [6.07, 6.45) is 0.392. The molecule has 4 heteroatoms. The van der Waals surface area contributed by atoms with E-state index in [0.29, 0.717) is 6.42 Å². The Labute approximate surface area is 112 Å². The molecule has 90 valence electrons. The van der Waals surface area contributed by atoms with Crippen molar-refractivity contribution in [2.24, 2.45) is 0 Å². The van der Waals surface area contributed by atoms with Crippen LogP contribution < -0.4 is 5.32 Å². The molecule has 1 aliphatic rings. The van der Waals surface area contributed by atoms with Crippen molar-refractivity contribution < 1.29 is 9.18 Å².